The quantitative estimate of drug-likeness (QED) is 0.151. The van der Waals surface area contributed by atoms with E-state index in [2.05, 4.69) is 6.58 Å². The lowest BCUT2D eigenvalue weighted by atomic mass is 9.93. The number of likely N-dealkylation sites (N-methyl/N-ethyl adjacent to an activating group) is 1. The zero-order valence-electron chi connectivity index (χ0n) is 19.4. The molecule has 0 radical (unpaired) electrons. The molecule has 1 atom stereocenters. The van der Waals surface area contributed by atoms with Gasteiger partial charge >= 0.3 is 0 Å². The third-order valence-corrected chi connectivity index (χ3v) is 5.55. The maximum Gasteiger partial charge on any atom is 0.295 e. The van der Waals surface area contributed by atoms with Crippen molar-refractivity contribution in [3.63, 3.8) is 0 Å². The minimum atomic E-state index is -0.962. The molecule has 0 bridgehead atoms. The number of non-ortho nitro benzene ring substituents is 1. The summed E-state index contributed by atoms with van der Waals surface area (Å²) in [6, 6.07) is 9.78. The van der Waals surface area contributed by atoms with Crippen molar-refractivity contribution < 1.29 is 24.4 Å². The fraction of sp³-hybridized carbons (Fsp3) is 0.280. The van der Waals surface area contributed by atoms with Gasteiger partial charge in [0.1, 0.15) is 18.1 Å². The first-order valence-corrected chi connectivity index (χ1v) is 10.7. The van der Waals surface area contributed by atoms with Crippen LogP contribution in [0.1, 0.15) is 22.7 Å². The Labute approximate surface area is 197 Å². The number of rotatable bonds is 9. The van der Waals surface area contributed by atoms with Crippen LogP contribution in [0.3, 0.4) is 0 Å². The van der Waals surface area contributed by atoms with E-state index in [1.807, 2.05) is 19.0 Å². The molecule has 1 saturated heterocycles. The van der Waals surface area contributed by atoms with Gasteiger partial charge in [0.25, 0.3) is 17.4 Å². The Balaban J connectivity index is 2.16. The number of carbonyl (C=O) groups excluding carboxylic acids is 2. The highest BCUT2D eigenvalue weighted by Crippen LogP contribution is 2.40. The van der Waals surface area contributed by atoms with E-state index in [0.29, 0.717) is 35.6 Å². The van der Waals surface area contributed by atoms with E-state index in [-0.39, 0.29) is 23.6 Å². The molecule has 0 spiro atoms. The minimum Gasteiger partial charge on any atom is -0.507 e. The molecule has 9 nitrogen and oxygen atoms in total. The van der Waals surface area contributed by atoms with Gasteiger partial charge in [-0.25, -0.2) is 0 Å². The number of hydrogen-bond acceptors (Lipinski definition) is 7. The monoisotopic (exact) mass is 465 g/mol. The minimum absolute atomic E-state index is 0.105. The smallest absolute Gasteiger partial charge is 0.295 e. The number of benzene rings is 2. The molecule has 1 aliphatic rings. The van der Waals surface area contributed by atoms with Crippen molar-refractivity contribution in [2.24, 2.45) is 0 Å². The van der Waals surface area contributed by atoms with Crippen molar-refractivity contribution in [2.45, 2.75) is 13.0 Å². The van der Waals surface area contributed by atoms with Gasteiger partial charge in [0, 0.05) is 30.8 Å². The Morgan fingerprint density at radius 3 is 2.62 bits per heavy atom. The summed E-state index contributed by atoms with van der Waals surface area (Å²) in [4.78, 5) is 40.1. The van der Waals surface area contributed by atoms with Crippen LogP contribution in [0.5, 0.6) is 5.75 Å². The predicted octanol–water partition coefficient (Wildman–Crippen LogP) is 3.45. The summed E-state index contributed by atoms with van der Waals surface area (Å²) < 4.78 is 5.52. The molecule has 0 saturated carbocycles. The predicted molar refractivity (Wildman–Crippen MR) is 128 cm³/mol. The molecule has 1 N–H and O–H groups in total. The van der Waals surface area contributed by atoms with Gasteiger partial charge in [0.2, 0.25) is 0 Å². The number of aryl methyl sites for hydroxylation is 1. The second-order valence-corrected chi connectivity index (χ2v) is 8.22. The number of Topliss-reactive ketones (excluding diaryl/α,β-unsaturated/α-hetero) is 1. The summed E-state index contributed by atoms with van der Waals surface area (Å²) in [5, 5.41) is 22.6. The summed E-state index contributed by atoms with van der Waals surface area (Å²) in [5.41, 5.74) is 1.10. The number of ether oxygens (including phenoxy) is 1. The molecule has 3 rings (SSSR count). The number of nitro benzene ring substituents is 1. The molecule has 1 unspecified atom stereocenters. The number of hydrogen-bond donors (Lipinski definition) is 1. The Morgan fingerprint density at radius 1 is 1.26 bits per heavy atom. The molecule has 0 aliphatic carbocycles. The molecule has 178 valence electrons. The summed E-state index contributed by atoms with van der Waals surface area (Å²) in [7, 11) is 3.66. The molecule has 1 fully saturated rings. The first-order chi connectivity index (χ1) is 16.1. The van der Waals surface area contributed by atoms with Crippen molar-refractivity contribution in [1.29, 1.82) is 0 Å². The fourth-order valence-corrected chi connectivity index (χ4v) is 3.87. The largest absolute Gasteiger partial charge is 0.507 e. The molecule has 1 heterocycles. The van der Waals surface area contributed by atoms with E-state index in [1.165, 1.54) is 23.1 Å². The van der Waals surface area contributed by atoms with Crippen LogP contribution in [-0.4, -0.2) is 65.3 Å². The summed E-state index contributed by atoms with van der Waals surface area (Å²) in [6.45, 7) is 6.34. The maximum absolute atomic E-state index is 13.1. The Bertz CT molecular complexity index is 1170. The van der Waals surface area contributed by atoms with Crippen LogP contribution in [0.2, 0.25) is 0 Å². The number of aliphatic hydroxyl groups is 1. The van der Waals surface area contributed by atoms with Gasteiger partial charge in [-0.1, -0.05) is 24.8 Å². The van der Waals surface area contributed by atoms with E-state index in [4.69, 9.17) is 4.74 Å². The third kappa shape index (κ3) is 4.99. The van der Waals surface area contributed by atoms with Gasteiger partial charge in [-0.2, -0.15) is 0 Å². The lowest BCUT2D eigenvalue weighted by Gasteiger charge is -2.26. The SMILES string of the molecule is C=CCOc1ccc(/C(O)=C2\C(=O)C(=O)N(CCN(C)C)C2c2cccc([N+](=O)[O-])c2)c(C)c1. The van der Waals surface area contributed by atoms with Crippen molar-refractivity contribution >= 4 is 23.1 Å². The van der Waals surface area contributed by atoms with Crippen molar-refractivity contribution in [3.8, 4) is 5.75 Å². The molecule has 0 aromatic heterocycles. The lowest BCUT2D eigenvalue weighted by Crippen LogP contribution is -2.35. The van der Waals surface area contributed by atoms with Gasteiger partial charge in [0.15, 0.2) is 0 Å². The van der Waals surface area contributed by atoms with Crippen molar-refractivity contribution in [2.75, 3.05) is 33.8 Å². The molecule has 1 amide bonds. The first-order valence-electron chi connectivity index (χ1n) is 10.7. The van der Waals surface area contributed by atoms with Crippen LogP contribution in [0.15, 0.2) is 60.7 Å². The highest BCUT2D eigenvalue weighted by Gasteiger charge is 2.46. The van der Waals surface area contributed by atoms with Crippen LogP contribution < -0.4 is 4.74 Å². The zero-order valence-corrected chi connectivity index (χ0v) is 19.4. The molecule has 34 heavy (non-hydrogen) atoms. The topological polar surface area (TPSA) is 113 Å². The summed E-state index contributed by atoms with van der Waals surface area (Å²) in [5.74, 6) is -1.37. The van der Waals surface area contributed by atoms with Crippen LogP contribution in [-0.2, 0) is 9.59 Å². The van der Waals surface area contributed by atoms with E-state index in [9.17, 15) is 24.8 Å². The number of nitrogens with zero attached hydrogens (tertiary/aromatic N) is 3. The maximum atomic E-state index is 13.1. The van der Waals surface area contributed by atoms with E-state index in [0.717, 1.165) is 0 Å². The van der Waals surface area contributed by atoms with Crippen LogP contribution in [0.25, 0.3) is 5.76 Å². The molecule has 2 aromatic rings. The van der Waals surface area contributed by atoms with Gasteiger partial charge < -0.3 is 19.6 Å². The number of likely N-dealkylation sites (tertiary alicyclic amines) is 1. The third-order valence-electron chi connectivity index (χ3n) is 5.55. The van der Waals surface area contributed by atoms with Crippen LogP contribution in [0.4, 0.5) is 5.69 Å². The molecular weight excluding hydrogens is 438 g/mol. The van der Waals surface area contributed by atoms with Crippen molar-refractivity contribution in [3.05, 3.63) is 87.5 Å². The highest BCUT2D eigenvalue weighted by molar-refractivity contribution is 6.46. The van der Waals surface area contributed by atoms with E-state index in [1.54, 1.807) is 37.3 Å². The zero-order chi connectivity index (χ0) is 25.0. The normalized spacial score (nSPS) is 17.3. The second-order valence-electron chi connectivity index (χ2n) is 8.22. The number of ketones is 1. The standard InChI is InChI=1S/C25H27N3O6/c1-5-13-34-19-9-10-20(16(2)14-19)23(29)21-22(17-7-6-8-18(15-17)28(32)33)27(12-11-26(3)4)25(31)24(21)30/h5-10,14-15,22,29H,1,11-13H2,2-4H3/b23-21+. The second kappa shape index (κ2) is 10.3. The molecule has 9 heteroatoms. The molecule has 2 aromatic carbocycles. The molecule has 1 aliphatic heterocycles. The van der Waals surface area contributed by atoms with E-state index >= 15 is 0 Å². The van der Waals surface area contributed by atoms with Crippen LogP contribution >= 0.6 is 0 Å². The first kappa shape index (κ1) is 24.7. The number of nitro groups is 1. The van der Waals surface area contributed by atoms with Gasteiger partial charge in [0.05, 0.1) is 16.5 Å². The van der Waals surface area contributed by atoms with Gasteiger partial charge in [-0.3, -0.25) is 19.7 Å². The number of aliphatic hydroxyl groups excluding tert-OH is 1. The average Bonchev–Trinajstić information content (AvgIpc) is 3.06. The van der Waals surface area contributed by atoms with Crippen LogP contribution in [0, 0.1) is 17.0 Å². The summed E-state index contributed by atoms with van der Waals surface area (Å²) in [6.07, 6.45) is 1.61. The van der Waals surface area contributed by atoms with E-state index < -0.39 is 22.7 Å². The Morgan fingerprint density at radius 2 is 2.00 bits per heavy atom. The Hall–Kier alpha value is -3.98. The lowest BCUT2D eigenvalue weighted by molar-refractivity contribution is -0.384. The highest BCUT2D eigenvalue weighted by atomic mass is 16.6. The van der Waals surface area contributed by atoms with Crippen molar-refractivity contribution in [1.82, 2.24) is 9.80 Å². The van der Waals surface area contributed by atoms with Gasteiger partial charge in [-0.05, 0) is 50.3 Å². The number of amides is 1. The average molecular weight is 466 g/mol. The summed E-state index contributed by atoms with van der Waals surface area (Å²) >= 11 is 0. The Kier molecular flexibility index (Phi) is 7.47. The van der Waals surface area contributed by atoms with Gasteiger partial charge in [-0.15, -0.1) is 0 Å². The number of carbonyl (C=O) groups is 2. The fourth-order valence-electron chi connectivity index (χ4n) is 3.87. The molecular formula is C25H27N3O6.